The van der Waals surface area contributed by atoms with Crippen molar-refractivity contribution >= 4 is 0 Å². The van der Waals surface area contributed by atoms with Crippen LogP contribution in [0.2, 0.25) is 0 Å². The summed E-state index contributed by atoms with van der Waals surface area (Å²) in [5, 5.41) is 10.5. The molecule has 1 heteroatoms. The molecule has 0 saturated carbocycles. The summed E-state index contributed by atoms with van der Waals surface area (Å²) in [7, 11) is 0. The van der Waals surface area contributed by atoms with Crippen molar-refractivity contribution in [2.75, 3.05) is 0 Å². The van der Waals surface area contributed by atoms with Gasteiger partial charge in [-0.15, -0.1) is 0 Å². The summed E-state index contributed by atoms with van der Waals surface area (Å²) in [6.45, 7) is 6.60. The van der Waals surface area contributed by atoms with Crippen molar-refractivity contribution in [1.82, 2.24) is 0 Å². The molecule has 0 radical (unpaired) electrons. The summed E-state index contributed by atoms with van der Waals surface area (Å²) in [5.41, 5.74) is 4.05. The van der Waals surface area contributed by atoms with Gasteiger partial charge in [0.15, 0.2) is 0 Å². The van der Waals surface area contributed by atoms with Crippen molar-refractivity contribution in [2.24, 2.45) is 11.8 Å². The maximum absolute atomic E-state index is 10.5. The summed E-state index contributed by atoms with van der Waals surface area (Å²) in [6, 6.07) is 8.68. The zero-order chi connectivity index (χ0) is 13.8. The molecule has 19 heavy (non-hydrogen) atoms. The number of aliphatic hydroxyl groups excluding tert-OH is 1. The van der Waals surface area contributed by atoms with Gasteiger partial charge in [0.25, 0.3) is 0 Å². The minimum Gasteiger partial charge on any atom is -0.392 e. The van der Waals surface area contributed by atoms with E-state index in [9.17, 15) is 5.11 Å². The minimum atomic E-state index is -0.210. The van der Waals surface area contributed by atoms with Crippen LogP contribution in [0.5, 0.6) is 0 Å². The summed E-state index contributed by atoms with van der Waals surface area (Å²) in [5.74, 6) is 1.03. The molecule has 0 bridgehead atoms. The third-order valence-corrected chi connectivity index (χ3v) is 4.25. The SMILES string of the molecule is CCc1ccc(CC(O)C2CC(C)=CC(C)C2)cc1. The summed E-state index contributed by atoms with van der Waals surface area (Å²) >= 11 is 0. The van der Waals surface area contributed by atoms with Gasteiger partial charge in [-0.3, -0.25) is 0 Å². The Hall–Kier alpha value is -1.08. The molecule has 1 aromatic rings. The lowest BCUT2D eigenvalue weighted by Crippen LogP contribution is -2.27. The van der Waals surface area contributed by atoms with Crippen LogP contribution in [0, 0.1) is 11.8 Å². The first kappa shape index (κ1) is 14.3. The highest BCUT2D eigenvalue weighted by molar-refractivity contribution is 5.23. The molecule has 1 aromatic carbocycles. The van der Waals surface area contributed by atoms with Gasteiger partial charge >= 0.3 is 0 Å². The lowest BCUT2D eigenvalue weighted by Gasteiger charge is -2.29. The summed E-state index contributed by atoms with van der Waals surface area (Å²) in [6.07, 6.45) is 6.17. The highest BCUT2D eigenvalue weighted by Crippen LogP contribution is 2.31. The second kappa shape index (κ2) is 6.38. The van der Waals surface area contributed by atoms with Crippen molar-refractivity contribution in [3.8, 4) is 0 Å². The van der Waals surface area contributed by atoms with Crippen LogP contribution < -0.4 is 0 Å². The molecule has 0 heterocycles. The van der Waals surface area contributed by atoms with Crippen LogP contribution >= 0.6 is 0 Å². The van der Waals surface area contributed by atoms with Crippen LogP contribution in [-0.4, -0.2) is 11.2 Å². The van der Waals surface area contributed by atoms with E-state index < -0.39 is 0 Å². The fourth-order valence-corrected chi connectivity index (χ4v) is 3.21. The Morgan fingerprint density at radius 2 is 1.84 bits per heavy atom. The highest BCUT2D eigenvalue weighted by atomic mass is 16.3. The van der Waals surface area contributed by atoms with Crippen molar-refractivity contribution in [3.63, 3.8) is 0 Å². The number of aliphatic hydroxyl groups is 1. The highest BCUT2D eigenvalue weighted by Gasteiger charge is 2.24. The third-order valence-electron chi connectivity index (χ3n) is 4.25. The van der Waals surface area contributed by atoms with E-state index in [4.69, 9.17) is 0 Å². The molecule has 1 aliphatic rings. The molecular weight excluding hydrogens is 232 g/mol. The Labute approximate surface area is 117 Å². The molecule has 104 valence electrons. The topological polar surface area (TPSA) is 20.2 Å². The van der Waals surface area contributed by atoms with Gasteiger partial charge in [-0.05, 0) is 55.6 Å². The first-order valence-corrected chi connectivity index (χ1v) is 7.51. The standard InChI is InChI=1S/C18H26O/c1-4-15-5-7-16(8-6-15)12-18(19)17-10-13(2)9-14(3)11-17/h5-9,13,17-19H,4,10-12H2,1-3H3. The molecule has 0 amide bonds. The summed E-state index contributed by atoms with van der Waals surface area (Å²) < 4.78 is 0. The molecule has 0 aromatic heterocycles. The van der Waals surface area contributed by atoms with E-state index in [0.29, 0.717) is 11.8 Å². The van der Waals surface area contributed by atoms with E-state index in [1.165, 1.54) is 16.7 Å². The summed E-state index contributed by atoms with van der Waals surface area (Å²) in [4.78, 5) is 0. The maximum Gasteiger partial charge on any atom is 0.0611 e. The van der Waals surface area contributed by atoms with E-state index in [-0.39, 0.29) is 6.10 Å². The molecule has 2 rings (SSSR count). The van der Waals surface area contributed by atoms with Gasteiger partial charge in [0, 0.05) is 0 Å². The first-order valence-electron chi connectivity index (χ1n) is 7.51. The number of benzene rings is 1. The Morgan fingerprint density at radius 3 is 2.42 bits per heavy atom. The van der Waals surface area contributed by atoms with Crippen LogP contribution in [-0.2, 0) is 12.8 Å². The van der Waals surface area contributed by atoms with Crippen molar-refractivity contribution < 1.29 is 5.11 Å². The quantitative estimate of drug-likeness (QED) is 0.805. The first-order chi connectivity index (χ1) is 9.08. The minimum absolute atomic E-state index is 0.210. The largest absolute Gasteiger partial charge is 0.392 e. The zero-order valence-corrected chi connectivity index (χ0v) is 12.4. The van der Waals surface area contributed by atoms with Crippen molar-refractivity contribution in [2.45, 2.75) is 52.6 Å². The number of aryl methyl sites for hydroxylation is 1. The second-order valence-electron chi connectivity index (χ2n) is 6.13. The van der Waals surface area contributed by atoms with E-state index in [0.717, 1.165) is 25.7 Å². The number of hydrogen-bond acceptors (Lipinski definition) is 1. The molecule has 3 unspecified atom stereocenters. The van der Waals surface area contributed by atoms with Crippen LogP contribution in [0.1, 0.15) is 44.7 Å². The van der Waals surface area contributed by atoms with Gasteiger partial charge in [0.2, 0.25) is 0 Å². The van der Waals surface area contributed by atoms with Crippen LogP contribution in [0.3, 0.4) is 0 Å². The third kappa shape index (κ3) is 3.94. The molecule has 0 aliphatic heterocycles. The van der Waals surface area contributed by atoms with Gasteiger partial charge in [-0.1, -0.05) is 49.8 Å². The monoisotopic (exact) mass is 258 g/mol. The van der Waals surface area contributed by atoms with E-state index >= 15 is 0 Å². The predicted molar refractivity (Wildman–Crippen MR) is 81.2 cm³/mol. The predicted octanol–water partition coefficient (Wildman–Crippen LogP) is 4.14. The van der Waals surface area contributed by atoms with E-state index in [1.54, 1.807) is 0 Å². The Morgan fingerprint density at radius 1 is 1.21 bits per heavy atom. The average molecular weight is 258 g/mol. The van der Waals surface area contributed by atoms with E-state index in [1.807, 2.05) is 0 Å². The molecule has 1 N–H and O–H groups in total. The van der Waals surface area contributed by atoms with Crippen LogP contribution in [0.4, 0.5) is 0 Å². The molecule has 0 spiro atoms. The second-order valence-corrected chi connectivity index (χ2v) is 6.13. The molecule has 1 nitrogen and oxygen atoms in total. The molecule has 3 atom stereocenters. The maximum atomic E-state index is 10.5. The molecule has 0 fully saturated rings. The fourth-order valence-electron chi connectivity index (χ4n) is 3.21. The molecular formula is C18H26O. The Balaban J connectivity index is 1.96. The Bertz CT molecular complexity index is 430. The fraction of sp³-hybridized carbons (Fsp3) is 0.556. The van der Waals surface area contributed by atoms with E-state index in [2.05, 4.69) is 51.1 Å². The molecule has 0 saturated heterocycles. The van der Waals surface area contributed by atoms with Crippen molar-refractivity contribution in [3.05, 3.63) is 47.0 Å². The number of rotatable bonds is 4. The van der Waals surface area contributed by atoms with Crippen molar-refractivity contribution in [1.29, 1.82) is 0 Å². The van der Waals surface area contributed by atoms with Gasteiger partial charge in [-0.2, -0.15) is 0 Å². The molecule has 1 aliphatic carbocycles. The van der Waals surface area contributed by atoms with Crippen LogP contribution in [0.15, 0.2) is 35.9 Å². The Kier molecular flexibility index (Phi) is 4.81. The lowest BCUT2D eigenvalue weighted by molar-refractivity contribution is 0.0932. The van der Waals surface area contributed by atoms with Gasteiger partial charge in [-0.25, -0.2) is 0 Å². The number of hydrogen-bond donors (Lipinski definition) is 1. The lowest BCUT2D eigenvalue weighted by atomic mass is 9.79. The van der Waals surface area contributed by atoms with Crippen LogP contribution in [0.25, 0.3) is 0 Å². The van der Waals surface area contributed by atoms with Gasteiger partial charge in [0.05, 0.1) is 6.10 Å². The normalized spacial score (nSPS) is 24.9. The average Bonchev–Trinajstić information content (AvgIpc) is 2.38. The smallest absolute Gasteiger partial charge is 0.0611 e. The van der Waals surface area contributed by atoms with Gasteiger partial charge < -0.3 is 5.11 Å². The zero-order valence-electron chi connectivity index (χ0n) is 12.4. The van der Waals surface area contributed by atoms with Gasteiger partial charge in [0.1, 0.15) is 0 Å². The number of allylic oxidation sites excluding steroid dienone is 2.